The first kappa shape index (κ1) is 17.2. The van der Waals surface area contributed by atoms with Crippen molar-refractivity contribution in [1.29, 1.82) is 0 Å². The molecule has 6 rings (SSSR count). The van der Waals surface area contributed by atoms with Crippen LogP contribution in [0.1, 0.15) is 28.8 Å². The maximum absolute atomic E-state index is 6.55. The number of hydrogen-bond donors (Lipinski definition) is 1. The third-order valence-electron chi connectivity index (χ3n) is 5.48. The number of aromatic nitrogens is 4. The fourth-order valence-corrected chi connectivity index (χ4v) is 4.38. The minimum absolute atomic E-state index is 0.218. The van der Waals surface area contributed by atoms with Crippen LogP contribution in [0.4, 0.5) is 5.95 Å². The average molecular weight is 414 g/mol. The van der Waals surface area contributed by atoms with Crippen LogP contribution in [0.2, 0.25) is 5.02 Å². The van der Waals surface area contributed by atoms with E-state index in [0.29, 0.717) is 11.0 Å². The third kappa shape index (κ3) is 2.61. The lowest BCUT2D eigenvalue weighted by molar-refractivity contribution is 0.223. The number of benzene rings is 2. The molecule has 30 heavy (non-hydrogen) atoms. The summed E-state index contributed by atoms with van der Waals surface area (Å²) in [5.41, 5.74) is 4.97. The van der Waals surface area contributed by atoms with Gasteiger partial charge < -0.3 is 10.1 Å². The molecular weight excluding hydrogens is 398 g/mol. The van der Waals surface area contributed by atoms with Crippen molar-refractivity contribution < 1.29 is 4.74 Å². The molecule has 0 bridgehead atoms. The summed E-state index contributed by atoms with van der Waals surface area (Å²) < 4.78 is 8.43. The van der Waals surface area contributed by atoms with Crippen LogP contribution in [-0.4, -0.2) is 19.7 Å². The maximum Gasteiger partial charge on any atom is 0.226 e. The summed E-state index contributed by atoms with van der Waals surface area (Å²) in [5, 5.41) is 8.63. The van der Waals surface area contributed by atoms with Gasteiger partial charge in [0, 0.05) is 28.6 Å². The second kappa shape index (κ2) is 6.71. The van der Waals surface area contributed by atoms with Crippen LogP contribution in [0.3, 0.4) is 0 Å². The highest BCUT2D eigenvalue weighted by molar-refractivity contribution is 6.30. The first-order valence-corrected chi connectivity index (χ1v) is 9.99. The van der Waals surface area contributed by atoms with E-state index in [2.05, 4.69) is 38.6 Å². The minimum Gasteiger partial charge on any atom is -0.480 e. The predicted octanol–water partition coefficient (Wildman–Crippen LogP) is 4.89. The summed E-state index contributed by atoms with van der Waals surface area (Å²) >= 11 is 6.34. The summed E-state index contributed by atoms with van der Waals surface area (Å²) in [7, 11) is 0. The Morgan fingerprint density at radius 3 is 2.70 bits per heavy atom. The average Bonchev–Trinajstić information content (AvgIpc) is 3.27. The minimum atomic E-state index is -0.301. The summed E-state index contributed by atoms with van der Waals surface area (Å²) in [6.07, 6.45) is 4.89. The van der Waals surface area contributed by atoms with Gasteiger partial charge in [-0.15, -0.1) is 0 Å². The standard InChI is InChI=1S/C23H16ClN5O/c24-16-8-9-18-17(11-16)20-19(22(30-18)14-5-2-1-3-6-14)21(15-7-4-10-25-12-15)29-23(28-20)26-13-27-29/h1-13,21-22H,(H,26,27,28)/t21-,22-/m1/s1. The molecular formula is C23H16ClN5O. The van der Waals surface area contributed by atoms with Gasteiger partial charge >= 0.3 is 0 Å². The zero-order valence-electron chi connectivity index (χ0n) is 15.7. The van der Waals surface area contributed by atoms with E-state index in [1.165, 1.54) is 0 Å². The van der Waals surface area contributed by atoms with E-state index < -0.39 is 0 Å². The second-order valence-corrected chi connectivity index (χ2v) is 7.66. The Labute approximate surface area is 177 Å². The number of halogens is 1. The van der Waals surface area contributed by atoms with Crippen LogP contribution in [0, 0.1) is 0 Å². The Hall–Kier alpha value is -3.64. The van der Waals surface area contributed by atoms with Gasteiger partial charge in [-0.05, 0) is 35.4 Å². The van der Waals surface area contributed by atoms with Gasteiger partial charge in [0.05, 0.1) is 5.70 Å². The van der Waals surface area contributed by atoms with Crippen molar-refractivity contribution in [1.82, 2.24) is 19.7 Å². The van der Waals surface area contributed by atoms with Crippen molar-refractivity contribution >= 4 is 23.2 Å². The Bertz CT molecular complexity index is 1270. The van der Waals surface area contributed by atoms with Crippen LogP contribution in [0.15, 0.2) is 85.0 Å². The van der Waals surface area contributed by atoms with Crippen LogP contribution >= 0.6 is 11.6 Å². The zero-order valence-corrected chi connectivity index (χ0v) is 16.5. The molecule has 0 saturated carbocycles. The summed E-state index contributed by atoms with van der Waals surface area (Å²) in [5.74, 6) is 1.44. The molecule has 4 aromatic rings. The van der Waals surface area contributed by atoms with Crippen LogP contribution in [0.5, 0.6) is 5.75 Å². The second-order valence-electron chi connectivity index (χ2n) is 7.22. The highest BCUT2D eigenvalue weighted by Gasteiger charge is 2.41. The van der Waals surface area contributed by atoms with Gasteiger partial charge in [-0.1, -0.05) is 48.0 Å². The number of hydrogen-bond acceptors (Lipinski definition) is 5. The molecule has 0 amide bonds. The molecule has 0 spiro atoms. The summed E-state index contributed by atoms with van der Waals surface area (Å²) in [6.45, 7) is 0. The molecule has 7 heteroatoms. The quantitative estimate of drug-likeness (QED) is 0.507. The molecule has 4 heterocycles. The molecule has 0 unspecified atom stereocenters. The number of ether oxygens (including phenoxy) is 1. The molecule has 2 atom stereocenters. The lowest BCUT2D eigenvalue weighted by Crippen LogP contribution is -2.32. The smallest absolute Gasteiger partial charge is 0.226 e. The molecule has 146 valence electrons. The monoisotopic (exact) mass is 413 g/mol. The number of pyridine rings is 1. The van der Waals surface area contributed by atoms with E-state index in [4.69, 9.17) is 16.3 Å². The lowest BCUT2D eigenvalue weighted by Gasteiger charge is -2.38. The van der Waals surface area contributed by atoms with Gasteiger partial charge in [-0.25, -0.2) is 4.68 Å². The largest absolute Gasteiger partial charge is 0.480 e. The normalized spacial score (nSPS) is 19.2. The van der Waals surface area contributed by atoms with Crippen molar-refractivity contribution in [3.05, 3.63) is 107 Å². The van der Waals surface area contributed by atoms with Crippen molar-refractivity contribution in [3.63, 3.8) is 0 Å². The van der Waals surface area contributed by atoms with E-state index >= 15 is 0 Å². The Balaban J connectivity index is 1.65. The number of nitrogens with one attached hydrogen (secondary N) is 1. The summed E-state index contributed by atoms with van der Waals surface area (Å²) in [4.78, 5) is 8.77. The topological polar surface area (TPSA) is 64.9 Å². The van der Waals surface area contributed by atoms with E-state index in [0.717, 1.165) is 33.7 Å². The number of rotatable bonds is 2. The molecule has 6 nitrogen and oxygen atoms in total. The number of fused-ring (bicyclic) bond motifs is 3. The van der Waals surface area contributed by atoms with Gasteiger partial charge in [0.15, 0.2) is 0 Å². The van der Waals surface area contributed by atoms with Crippen molar-refractivity contribution in [2.45, 2.75) is 12.1 Å². The van der Waals surface area contributed by atoms with Gasteiger partial charge in [0.1, 0.15) is 24.2 Å². The van der Waals surface area contributed by atoms with Gasteiger partial charge in [0.25, 0.3) is 0 Å². The first-order valence-electron chi connectivity index (χ1n) is 9.61. The van der Waals surface area contributed by atoms with E-state index in [9.17, 15) is 0 Å². The van der Waals surface area contributed by atoms with Crippen molar-refractivity contribution in [3.8, 4) is 5.75 Å². The van der Waals surface area contributed by atoms with Crippen molar-refractivity contribution in [2.75, 3.05) is 5.32 Å². The van der Waals surface area contributed by atoms with Crippen LogP contribution < -0.4 is 10.1 Å². The molecule has 2 aliphatic heterocycles. The Kier molecular flexibility index (Phi) is 3.86. The maximum atomic E-state index is 6.55. The SMILES string of the molecule is Clc1ccc2c(c1)C1=C([C@@H](c3ccccc3)O2)[C@@H](c2cccnc2)n2ncnc2N1. The molecule has 0 fully saturated rings. The zero-order chi connectivity index (χ0) is 20.1. The molecule has 2 aromatic carbocycles. The van der Waals surface area contributed by atoms with Gasteiger partial charge in [0.2, 0.25) is 5.95 Å². The number of nitrogens with zero attached hydrogens (tertiary/aromatic N) is 4. The molecule has 0 saturated heterocycles. The highest BCUT2D eigenvalue weighted by Crippen LogP contribution is 2.50. The summed E-state index contributed by atoms with van der Waals surface area (Å²) in [6, 6.07) is 19.6. The highest BCUT2D eigenvalue weighted by atomic mass is 35.5. The van der Waals surface area contributed by atoms with Crippen molar-refractivity contribution in [2.24, 2.45) is 0 Å². The number of anilines is 1. The van der Waals surface area contributed by atoms with E-state index in [-0.39, 0.29) is 12.1 Å². The van der Waals surface area contributed by atoms with E-state index in [1.54, 1.807) is 12.5 Å². The van der Waals surface area contributed by atoms with Crippen LogP contribution in [0.25, 0.3) is 5.70 Å². The third-order valence-corrected chi connectivity index (χ3v) is 5.71. The molecule has 1 N–H and O–H groups in total. The molecule has 0 radical (unpaired) electrons. The molecule has 2 aromatic heterocycles. The van der Waals surface area contributed by atoms with Gasteiger partial charge in [-0.2, -0.15) is 10.1 Å². The lowest BCUT2D eigenvalue weighted by atomic mass is 9.85. The van der Waals surface area contributed by atoms with Crippen LogP contribution in [-0.2, 0) is 0 Å². The predicted molar refractivity (Wildman–Crippen MR) is 114 cm³/mol. The van der Waals surface area contributed by atoms with E-state index in [1.807, 2.05) is 53.3 Å². The Morgan fingerprint density at radius 1 is 1.00 bits per heavy atom. The fourth-order valence-electron chi connectivity index (χ4n) is 4.20. The first-order chi connectivity index (χ1) is 14.8. The van der Waals surface area contributed by atoms with Gasteiger partial charge in [-0.3, -0.25) is 4.98 Å². The fraction of sp³-hybridized carbons (Fsp3) is 0.0870. The molecule has 0 aliphatic carbocycles. The molecule has 2 aliphatic rings. The Morgan fingerprint density at radius 2 is 1.87 bits per heavy atom.